The summed E-state index contributed by atoms with van der Waals surface area (Å²) in [7, 11) is 0. The van der Waals surface area contributed by atoms with Gasteiger partial charge < -0.3 is 10.4 Å². The molecule has 1 aromatic rings. The Kier molecular flexibility index (Phi) is 4.01. The summed E-state index contributed by atoms with van der Waals surface area (Å²) >= 11 is 0. The molecular weight excluding hydrogens is 268 g/mol. The molecular formula is C14H15F2NO3. The minimum atomic E-state index is -1.31. The lowest BCUT2D eigenvalue weighted by atomic mass is 9.68. The predicted octanol–water partition coefficient (Wildman–Crippen LogP) is 1.88. The largest absolute Gasteiger partial charge is 0.480 e. The molecule has 108 valence electrons. The normalized spacial score (nSPS) is 16.3. The third-order valence-corrected chi connectivity index (χ3v) is 3.67. The summed E-state index contributed by atoms with van der Waals surface area (Å²) in [5.41, 5.74) is -0.895. The van der Waals surface area contributed by atoms with E-state index in [2.05, 4.69) is 5.32 Å². The Hall–Kier alpha value is -1.98. The number of halogens is 2. The van der Waals surface area contributed by atoms with E-state index in [-0.39, 0.29) is 13.0 Å². The summed E-state index contributed by atoms with van der Waals surface area (Å²) in [6.07, 6.45) is 1.64. The zero-order valence-electron chi connectivity index (χ0n) is 10.8. The van der Waals surface area contributed by atoms with Crippen molar-refractivity contribution in [1.82, 2.24) is 5.32 Å². The number of rotatable bonds is 5. The number of hydrogen-bond acceptors (Lipinski definition) is 2. The van der Waals surface area contributed by atoms with Gasteiger partial charge in [0.05, 0.1) is 0 Å². The van der Waals surface area contributed by atoms with E-state index < -0.39 is 28.9 Å². The highest BCUT2D eigenvalue weighted by Gasteiger charge is 2.50. The summed E-state index contributed by atoms with van der Waals surface area (Å²) in [4.78, 5) is 23.0. The van der Waals surface area contributed by atoms with Gasteiger partial charge in [-0.25, -0.2) is 8.78 Å². The lowest BCUT2D eigenvalue weighted by Gasteiger charge is -2.35. The first-order chi connectivity index (χ1) is 9.44. The van der Waals surface area contributed by atoms with Gasteiger partial charge in [-0.2, -0.15) is 0 Å². The van der Waals surface area contributed by atoms with Crippen molar-refractivity contribution in [2.45, 2.75) is 25.7 Å². The van der Waals surface area contributed by atoms with Crippen LogP contribution < -0.4 is 5.32 Å². The number of carboxylic acid groups (broad SMARTS) is 1. The molecule has 20 heavy (non-hydrogen) atoms. The number of carboxylic acids is 1. The zero-order valence-corrected chi connectivity index (χ0v) is 10.8. The maximum atomic E-state index is 13.0. The molecule has 0 radical (unpaired) electrons. The van der Waals surface area contributed by atoms with Crippen LogP contribution in [0.25, 0.3) is 0 Å². The molecule has 1 aliphatic carbocycles. The highest BCUT2D eigenvalue weighted by molar-refractivity contribution is 6.02. The molecule has 0 aliphatic heterocycles. The summed E-state index contributed by atoms with van der Waals surface area (Å²) in [6.45, 7) is 0.150. The van der Waals surface area contributed by atoms with E-state index in [0.717, 1.165) is 12.5 Å². The number of hydrogen-bond donors (Lipinski definition) is 2. The highest BCUT2D eigenvalue weighted by Crippen LogP contribution is 2.41. The topological polar surface area (TPSA) is 66.4 Å². The molecule has 1 aliphatic rings. The number of carbonyl (C=O) groups excluding carboxylic acids is 1. The zero-order chi connectivity index (χ0) is 14.8. The summed E-state index contributed by atoms with van der Waals surface area (Å²) < 4.78 is 25.9. The van der Waals surface area contributed by atoms with E-state index in [9.17, 15) is 18.4 Å². The van der Waals surface area contributed by atoms with Crippen LogP contribution in [0.5, 0.6) is 0 Å². The van der Waals surface area contributed by atoms with Gasteiger partial charge in [0.25, 0.3) is 0 Å². The summed E-state index contributed by atoms with van der Waals surface area (Å²) in [5.74, 6) is -2.98. The Morgan fingerprint density at radius 2 is 1.80 bits per heavy atom. The fourth-order valence-electron chi connectivity index (χ4n) is 2.31. The second-order valence-electron chi connectivity index (χ2n) is 5.02. The van der Waals surface area contributed by atoms with Crippen LogP contribution in [0.2, 0.25) is 0 Å². The molecule has 0 aromatic heterocycles. The lowest BCUT2D eigenvalue weighted by Crippen LogP contribution is -2.51. The molecule has 0 spiro atoms. The first-order valence-electron chi connectivity index (χ1n) is 6.41. The number of benzene rings is 1. The van der Waals surface area contributed by atoms with E-state index in [0.29, 0.717) is 18.4 Å². The molecule has 0 heterocycles. The van der Waals surface area contributed by atoms with Crippen molar-refractivity contribution in [2.75, 3.05) is 6.54 Å². The average molecular weight is 283 g/mol. The standard InChI is InChI=1S/C14H15F2NO3/c15-10-6-9(7-11(16)8-10)2-5-17-12(18)14(13(19)20)3-1-4-14/h6-8H,1-5H2,(H,17,18)(H,19,20). The van der Waals surface area contributed by atoms with Crippen LogP contribution in [0.1, 0.15) is 24.8 Å². The molecule has 1 amide bonds. The van der Waals surface area contributed by atoms with Crippen LogP contribution in [0.4, 0.5) is 8.78 Å². The van der Waals surface area contributed by atoms with E-state index in [1.165, 1.54) is 12.1 Å². The van der Waals surface area contributed by atoms with Crippen molar-refractivity contribution in [3.05, 3.63) is 35.4 Å². The fraction of sp³-hybridized carbons (Fsp3) is 0.429. The van der Waals surface area contributed by atoms with E-state index in [1.54, 1.807) is 0 Å². The minimum Gasteiger partial charge on any atom is -0.480 e. The van der Waals surface area contributed by atoms with E-state index >= 15 is 0 Å². The van der Waals surface area contributed by atoms with Crippen molar-refractivity contribution in [2.24, 2.45) is 5.41 Å². The molecule has 0 unspecified atom stereocenters. The Labute approximate surface area is 114 Å². The first kappa shape index (κ1) is 14.4. The third kappa shape index (κ3) is 2.79. The van der Waals surface area contributed by atoms with Gasteiger partial charge in [-0.3, -0.25) is 9.59 Å². The van der Waals surface area contributed by atoms with Gasteiger partial charge in [0.15, 0.2) is 0 Å². The van der Waals surface area contributed by atoms with Gasteiger partial charge in [0.1, 0.15) is 17.0 Å². The smallest absolute Gasteiger partial charge is 0.319 e. The second-order valence-corrected chi connectivity index (χ2v) is 5.02. The maximum Gasteiger partial charge on any atom is 0.319 e. The van der Waals surface area contributed by atoms with Gasteiger partial charge in [-0.15, -0.1) is 0 Å². The third-order valence-electron chi connectivity index (χ3n) is 3.67. The average Bonchev–Trinajstić information content (AvgIpc) is 2.25. The molecule has 0 saturated heterocycles. The first-order valence-corrected chi connectivity index (χ1v) is 6.41. The Balaban J connectivity index is 1.89. The number of nitrogens with one attached hydrogen (secondary N) is 1. The molecule has 2 N–H and O–H groups in total. The molecule has 4 nitrogen and oxygen atoms in total. The minimum absolute atomic E-state index is 0.150. The molecule has 0 atom stereocenters. The highest BCUT2D eigenvalue weighted by atomic mass is 19.1. The van der Waals surface area contributed by atoms with E-state index in [1.807, 2.05) is 0 Å². The van der Waals surface area contributed by atoms with Gasteiger partial charge >= 0.3 is 5.97 Å². The predicted molar refractivity (Wildman–Crippen MR) is 67.0 cm³/mol. The quantitative estimate of drug-likeness (QED) is 0.811. The summed E-state index contributed by atoms with van der Waals surface area (Å²) in [6, 6.07) is 3.15. The van der Waals surface area contributed by atoms with Crippen LogP contribution >= 0.6 is 0 Å². The van der Waals surface area contributed by atoms with Gasteiger partial charge in [-0.1, -0.05) is 6.42 Å². The molecule has 2 rings (SSSR count). The van der Waals surface area contributed by atoms with Gasteiger partial charge in [-0.05, 0) is 37.0 Å². The van der Waals surface area contributed by atoms with Crippen molar-refractivity contribution in [1.29, 1.82) is 0 Å². The molecule has 1 fully saturated rings. The fourth-order valence-corrected chi connectivity index (χ4v) is 2.31. The van der Waals surface area contributed by atoms with Crippen LogP contribution in [-0.4, -0.2) is 23.5 Å². The Morgan fingerprint density at radius 3 is 2.25 bits per heavy atom. The van der Waals surface area contributed by atoms with Crippen LogP contribution in [0.3, 0.4) is 0 Å². The van der Waals surface area contributed by atoms with Crippen LogP contribution in [0, 0.1) is 17.0 Å². The molecule has 6 heteroatoms. The second kappa shape index (κ2) is 5.56. The number of carbonyl (C=O) groups is 2. The van der Waals surface area contributed by atoms with Crippen LogP contribution in [-0.2, 0) is 16.0 Å². The number of aliphatic carboxylic acids is 1. The SMILES string of the molecule is O=C(O)C1(C(=O)NCCc2cc(F)cc(F)c2)CCC1. The molecule has 0 bridgehead atoms. The lowest BCUT2D eigenvalue weighted by molar-refractivity contribution is -0.162. The van der Waals surface area contributed by atoms with Crippen molar-refractivity contribution in [3.63, 3.8) is 0 Å². The van der Waals surface area contributed by atoms with Crippen molar-refractivity contribution < 1.29 is 23.5 Å². The van der Waals surface area contributed by atoms with Crippen LogP contribution in [0.15, 0.2) is 18.2 Å². The van der Waals surface area contributed by atoms with Gasteiger partial charge in [0.2, 0.25) is 5.91 Å². The number of amides is 1. The van der Waals surface area contributed by atoms with E-state index in [4.69, 9.17) is 5.11 Å². The summed E-state index contributed by atoms with van der Waals surface area (Å²) in [5, 5.41) is 11.6. The Bertz CT molecular complexity index is 521. The monoisotopic (exact) mass is 283 g/mol. The van der Waals surface area contributed by atoms with Crippen molar-refractivity contribution >= 4 is 11.9 Å². The molecule has 1 saturated carbocycles. The maximum absolute atomic E-state index is 13.0. The Morgan fingerprint density at radius 1 is 1.20 bits per heavy atom. The molecule has 1 aromatic carbocycles. The van der Waals surface area contributed by atoms with Crippen molar-refractivity contribution in [3.8, 4) is 0 Å². The van der Waals surface area contributed by atoms with Gasteiger partial charge in [0, 0.05) is 12.6 Å².